The van der Waals surface area contributed by atoms with Crippen LogP contribution in [0.2, 0.25) is 0 Å². The zero-order valence-corrected chi connectivity index (χ0v) is 20.1. The maximum atomic E-state index is 12.8. The van der Waals surface area contributed by atoms with Gasteiger partial charge in [-0.15, -0.1) is 0 Å². The molecule has 0 bridgehead atoms. The summed E-state index contributed by atoms with van der Waals surface area (Å²) in [5, 5.41) is 7.05. The smallest absolute Gasteiger partial charge is 0.273 e. The summed E-state index contributed by atoms with van der Waals surface area (Å²) in [6.07, 6.45) is 0. The third-order valence-electron chi connectivity index (χ3n) is 5.95. The van der Waals surface area contributed by atoms with Crippen LogP contribution in [0, 0.1) is 6.92 Å². The molecule has 0 unspecified atom stereocenters. The van der Waals surface area contributed by atoms with Crippen molar-refractivity contribution in [3.63, 3.8) is 0 Å². The number of nitrogens with zero attached hydrogens (tertiary/aromatic N) is 2. The van der Waals surface area contributed by atoms with Gasteiger partial charge in [0.05, 0.1) is 6.04 Å². The normalized spacial score (nSPS) is 12.7. The van der Waals surface area contributed by atoms with Gasteiger partial charge in [0.15, 0.2) is 11.5 Å². The standard InChI is InChI=1S/C27H35N3O2/c1-7-30(8-2)24(20-13-15-22(16-14-20)27(4,5)6)18-28-26(31)23-17-25(32-29-23)21-11-9-19(3)10-12-21/h9-17,24H,7-8,18H2,1-6H3,(H,28,31)/t24-/m0/s1. The average molecular weight is 434 g/mol. The van der Waals surface area contributed by atoms with Crippen molar-refractivity contribution in [2.45, 2.75) is 53.0 Å². The average Bonchev–Trinajstić information content (AvgIpc) is 3.27. The molecule has 3 rings (SSSR count). The molecule has 1 aromatic heterocycles. The van der Waals surface area contributed by atoms with Crippen LogP contribution in [0.1, 0.15) is 67.8 Å². The topological polar surface area (TPSA) is 58.4 Å². The molecule has 0 saturated heterocycles. The number of nitrogens with one attached hydrogen (secondary N) is 1. The van der Waals surface area contributed by atoms with E-state index in [1.165, 1.54) is 16.7 Å². The SMILES string of the molecule is CCN(CC)[C@@H](CNC(=O)c1cc(-c2ccc(C)cc2)on1)c1ccc(C(C)(C)C)cc1. The lowest BCUT2D eigenvalue weighted by Gasteiger charge is -2.31. The van der Waals surface area contributed by atoms with Crippen LogP contribution in [0.15, 0.2) is 59.1 Å². The highest BCUT2D eigenvalue weighted by atomic mass is 16.5. The quantitative estimate of drug-likeness (QED) is 0.491. The van der Waals surface area contributed by atoms with Crippen LogP contribution in [0.5, 0.6) is 0 Å². The Hall–Kier alpha value is -2.92. The monoisotopic (exact) mass is 433 g/mol. The number of hydrogen-bond acceptors (Lipinski definition) is 4. The van der Waals surface area contributed by atoms with Gasteiger partial charge >= 0.3 is 0 Å². The lowest BCUT2D eigenvalue weighted by Crippen LogP contribution is -2.38. The van der Waals surface area contributed by atoms with Gasteiger partial charge < -0.3 is 9.84 Å². The molecule has 5 nitrogen and oxygen atoms in total. The number of hydrogen-bond donors (Lipinski definition) is 1. The lowest BCUT2D eigenvalue weighted by molar-refractivity contribution is 0.0926. The number of aromatic nitrogens is 1. The Balaban J connectivity index is 1.73. The van der Waals surface area contributed by atoms with E-state index < -0.39 is 0 Å². The minimum atomic E-state index is -0.226. The molecule has 32 heavy (non-hydrogen) atoms. The summed E-state index contributed by atoms with van der Waals surface area (Å²) in [6, 6.07) is 18.5. The molecule has 0 saturated carbocycles. The van der Waals surface area contributed by atoms with Crippen molar-refractivity contribution in [1.29, 1.82) is 0 Å². The van der Waals surface area contributed by atoms with Gasteiger partial charge in [0.1, 0.15) is 0 Å². The van der Waals surface area contributed by atoms with E-state index in [1.54, 1.807) is 6.07 Å². The highest BCUT2D eigenvalue weighted by Crippen LogP contribution is 2.26. The van der Waals surface area contributed by atoms with Crippen molar-refractivity contribution in [3.8, 4) is 11.3 Å². The minimum absolute atomic E-state index is 0.0893. The van der Waals surface area contributed by atoms with Crippen LogP contribution in [0.3, 0.4) is 0 Å². The van der Waals surface area contributed by atoms with Gasteiger partial charge in [-0.25, -0.2) is 0 Å². The summed E-state index contributed by atoms with van der Waals surface area (Å²) >= 11 is 0. The number of amides is 1. The van der Waals surface area contributed by atoms with E-state index in [9.17, 15) is 4.79 Å². The van der Waals surface area contributed by atoms with Crippen LogP contribution in [-0.2, 0) is 5.41 Å². The molecule has 0 aliphatic carbocycles. The molecule has 1 heterocycles. The summed E-state index contributed by atoms with van der Waals surface area (Å²) in [5.41, 5.74) is 4.98. The first kappa shape index (κ1) is 23.7. The summed E-state index contributed by atoms with van der Waals surface area (Å²) < 4.78 is 5.42. The highest BCUT2D eigenvalue weighted by Gasteiger charge is 2.22. The molecular formula is C27H35N3O2. The number of rotatable bonds is 8. The summed E-state index contributed by atoms with van der Waals surface area (Å²) in [4.78, 5) is 15.2. The molecule has 0 aliphatic rings. The van der Waals surface area contributed by atoms with Gasteiger partial charge in [0.25, 0.3) is 5.91 Å². The maximum Gasteiger partial charge on any atom is 0.273 e. The highest BCUT2D eigenvalue weighted by molar-refractivity contribution is 5.93. The number of benzene rings is 2. The van der Waals surface area contributed by atoms with Crippen molar-refractivity contribution in [2.75, 3.05) is 19.6 Å². The molecule has 170 valence electrons. The minimum Gasteiger partial charge on any atom is -0.355 e. The fraction of sp³-hybridized carbons (Fsp3) is 0.407. The number of carbonyl (C=O) groups excluding carboxylic acids is 1. The first-order chi connectivity index (χ1) is 15.2. The summed E-state index contributed by atoms with van der Waals surface area (Å²) in [7, 11) is 0. The molecule has 1 atom stereocenters. The molecule has 1 N–H and O–H groups in total. The Morgan fingerprint density at radius 1 is 1.03 bits per heavy atom. The van der Waals surface area contributed by atoms with Crippen molar-refractivity contribution < 1.29 is 9.32 Å². The van der Waals surface area contributed by atoms with Crippen LogP contribution in [0.25, 0.3) is 11.3 Å². The Kier molecular flexibility index (Phi) is 7.52. The fourth-order valence-electron chi connectivity index (χ4n) is 3.84. The molecule has 1 amide bonds. The number of aryl methyl sites for hydroxylation is 1. The van der Waals surface area contributed by atoms with E-state index in [4.69, 9.17) is 4.52 Å². The first-order valence-corrected chi connectivity index (χ1v) is 11.4. The van der Waals surface area contributed by atoms with Crippen molar-refractivity contribution >= 4 is 5.91 Å². The third kappa shape index (κ3) is 5.65. The van der Waals surface area contributed by atoms with Gasteiger partial charge in [-0.05, 0) is 36.6 Å². The maximum absolute atomic E-state index is 12.8. The molecule has 0 fully saturated rings. The van der Waals surface area contributed by atoms with E-state index in [-0.39, 0.29) is 17.4 Å². The molecule has 3 aromatic rings. The largest absolute Gasteiger partial charge is 0.355 e. The predicted molar refractivity (Wildman–Crippen MR) is 130 cm³/mol. The van der Waals surface area contributed by atoms with Gasteiger partial charge in [0, 0.05) is 18.2 Å². The van der Waals surface area contributed by atoms with E-state index in [1.807, 2.05) is 31.2 Å². The Labute approximate surface area is 191 Å². The molecular weight excluding hydrogens is 398 g/mol. The van der Waals surface area contributed by atoms with Gasteiger partial charge in [-0.2, -0.15) is 0 Å². The van der Waals surface area contributed by atoms with Gasteiger partial charge in [-0.3, -0.25) is 9.69 Å². The fourth-order valence-corrected chi connectivity index (χ4v) is 3.84. The zero-order valence-electron chi connectivity index (χ0n) is 20.1. The van der Waals surface area contributed by atoms with E-state index in [2.05, 4.69) is 74.3 Å². The van der Waals surface area contributed by atoms with E-state index >= 15 is 0 Å². The number of carbonyl (C=O) groups is 1. The second-order valence-electron chi connectivity index (χ2n) is 9.26. The molecule has 2 aromatic carbocycles. The summed E-state index contributed by atoms with van der Waals surface area (Å²) in [5.74, 6) is 0.365. The van der Waals surface area contributed by atoms with Crippen LogP contribution >= 0.6 is 0 Å². The van der Waals surface area contributed by atoms with E-state index in [0.717, 1.165) is 18.7 Å². The van der Waals surface area contributed by atoms with Crippen LogP contribution in [0.4, 0.5) is 0 Å². The molecule has 0 aliphatic heterocycles. The summed E-state index contributed by atoms with van der Waals surface area (Å²) in [6.45, 7) is 15.3. The Bertz CT molecular complexity index is 1010. The van der Waals surface area contributed by atoms with E-state index in [0.29, 0.717) is 18.0 Å². The van der Waals surface area contributed by atoms with Crippen molar-refractivity contribution in [3.05, 3.63) is 77.0 Å². The second-order valence-corrected chi connectivity index (χ2v) is 9.26. The van der Waals surface area contributed by atoms with Crippen molar-refractivity contribution in [2.24, 2.45) is 0 Å². The third-order valence-corrected chi connectivity index (χ3v) is 5.95. The lowest BCUT2D eigenvalue weighted by atomic mass is 9.86. The van der Waals surface area contributed by atoms with Gasteiger partial charge in [-0.1, -0.05) is 93.9 Å². The Morgan fingerprint density at radius 2 is 1.66 bits per heavy atom. The number of likely N-dealkylation sites (N-methyl/N-ethyl adjacent to an activating group) is 1. The van der Waals surface area contributed by atoms with Crippen LogP contribution in [-0.4, -0.2) is 35.6 Å². The van der Waals surface area contributed by atoms with Crippen LogP contribution < -0.4 is 5.32 Å². The zero-order chi connectivity index (χ0) is 23.3. The van der Waals surface area contributed by atoms with Crippen molar-refractivity contribution in [1.82, 2.24) is 15.4 Å². The molecule has 5 heteroatoms. The molecule has 0 spiro atoms. The second kappa shape index (κ2) is 10.1. The van der Waals surface area contributed by atoms with Gasteiger partial charge in [0.2, 0.25) is 0 Å². The predicted octanol–water partition coefficient (Wildman–Crippen LogP) is 5.76. The Morgan fingerprint density at radius 3 is 2.22 bits per heavy atom. The molecule has 0 radical (unpaired) electrons. The first-order valence-electron chi connectivity index (χ1n) is 11.4.